The van der Waals surface area contributed by atoms with E-state index in [4.69, 9.17) is 4.99 Å². The summed E-state index contributed by atoms with van der Waals surface area (Å²) in [5, 5.41) is 10.8. The van der Waals surface area contributed by atoms with Gasteiger partial charge in [-0.1, -0.05) is 0 Å². The molecule has 1 fully saturated rings. The smallest absolute Gasteiger partial charge is 0.217 e. The van der Waals surface area contributed by atoms with Gasteiger partial charge in [0.1, 0.15) is 5.82 Å². The molecule has 0 unspecified atom stereocenters. The van der Waals surface area contributed by atoms with Gasteiger partial charge in [-0.3, -0.25) is 9.79 Å². The third-order valence-electron chi connectivity index (χ3n) is 5.58. The van der Waals surface area contributed by atoms with Crippen LogP contribution in [0.3, 0.4) is 0 Å². The Kier molecular flexibility index (Phi) is 4.46. The Morgan fingerprint density at radius 3 is 2.79 bits per heavy atom. The molecule has 2 aromatic heterocycles. The van der Waals surface area contributed by atoms with Gasteiger partial charge in [0.05, 0.1) is 29.9 Å². The number of hydrogen-bond acceptors (Lipinski definition) is 6. The average Bonchev–Trinajstić information content (AvgIpc) is 3.34. The molecule has 1 saturated carbocycles. The van der Waals surface area contributed by atoms with Crippen LogP contribution in [-0.4, -0.2) is 50.6 Å². The first kappa shape index (κ1) is 17.8. The molecule has 5 rings (SSSR count). The van der Waals surface area contributed by atoms with Gasteiger partial charge in [-0.2, -0.15) is 5.10 Å². The molecule has 2 aliphatic heterocycles. The normalized spacial score (nSPS) is 23.6. The second-order valence-electron chi connectivity index (χ2n) is 7.73. The van der Waals surface area contributed by atoms with E-state index in [2.05, 4.69) is 37.9 Å². The summed E-state index contributed by atoms with van der Waals surface area (Å²) in [6.07, 6.45) is 11.9. The highest BCUT2D eigenvalue weighted by atomic mass is 16.1. The summed E-state index contributed by atoms with van der Waals surface area (Å²) in [5.41, 5.74) is 4.61. The van der Waals surface area contributed by atoms with Gasteiger partial charge in [0.15, 0.2) is 5.65 Å². The minimum absolute atomic E-state index is 0.0556. The first-order valence-electron chi connectivity index (χ1n) is 10.0. The molecular formula is C21H23N7O. The van der Waals surface area contributed by atoms with Crippen LogP contribution < -0.4 is 10.6 Å². The molecule has 0 aromatic carbocycles. The zero-order chi connectivity index (χ0) is 19.8. The maximum absolute atomic E-state index is 11.2. The van der Waals surface area contributed by atoms with Crippen molar-refractivity contribution in [3.05, 3.63) is 53.8 Å². The summed E-state index contributed by atoms with van der Waals surface area (Å²) in [7, 11) is 0. The molecular weight excluding hydrogens is 366 g/mol. The van der Waals surface area contributed by atoms with Crippen LogP contribution in [0.15, 0.2) is 58.1 Å². The van der Waals surface area contributed by atoms with E-state index in [1.807, 2.05) is 18.3 Å². The van der Waals surface area contributed by atoms with Crippen molar-refractivity contribution >= 4 is 23.0 Å². The minimum Gasteiger partial charge on any atom is -0.367 e. The summed E-state index contributed by atoms with van der Waals surface area (Å²) >= 11 is 0. The summed E-state index contributed by atoms with van der Waals surface area (Å²) in [5.74, 6) is 0.963. The van der Waals surface area contributed by atoms with Gasteiger partial charge in [-0.15, -0.1) is 0 Å². The molecule has 8 heteroatoms. The van der Waals surface area contributed by atoms with E-state index < -0.39 is 0 Å². The molecule has 0 radical (unpaired) electrons. The lowest BCUT2D eigenvalue weighted by atomic mass is 9.91. The van der Waals surface area contributed by atoms with Crippen molar-refractivity contribution in [1.82, 2.24) is 25.2 Å². The number of rotatable bonds is 4. The van der Waals surface area contributed by atoms with Gasteiger partial charge in [0.2, 0.25) is 5.91 Å². The quantitative estimate of drug-likeness (QED) is 0.833. The Hall–Kier alpha value is -3.29. The van der Waals surface area contributed by atoms with Crippen LogP contribution in [0.2, 0.25) is 0 Å². The van der Waals surface area contributed by atoms with Crippen molar-refractivity contribution in [1.29, 1.82) is 0 Å². The molecule has 0 spiro atoms. The highest BCUT2D eigenvalue weighted by molar-refractivity contribution is 6.19. The molecule has 0 atom stereocenters. The molecule has 1 amide bonds. The van der Waals surface area contributed by atoms with Crippen molar-refractivity contribution in [3.8, 4) is 0 Å². The fourth-order valence-electron chi connectivity index (χ4n) is 4.14. The van der Waals surface area contributed by atoms with Crippen molar-refractivity contribution in [3.63, 3.8) is 0 Å². The van der Waals surface area contributed by atoms with Gasteiger partial charge in [-0.05, 0) is 43.9 Å². The van der Waals surface area contributed by atoms with Crippen LogP contribution in [0.1, 0.15) is 38.3 Å². The highest BCUT2D eigenvalue weighted by Crippen LogP contribution is 2.24. The number of amides is 1. The lowest BCUT2D eigenvalue weighted by Crippen LogP contribution is -2.41. The van der Waals surface area contributed by atoms with E-state index >= 15 is 0 Å². The van der Waals surface area contributed by atoms with E-state index in [9.17, 15) is 4.79 Å². The number of aliphatic imine (C=N–C) groups is 2. The van der Waals surface area contributed by atoms with E-state index in [1.54, 1.807) is 17.6 Å². The van der Waals surface area contributed by atoms with Gasteiger partial charge in [-0.25, -0.2) is 14.5 Å². The zero-order valence-corrected chi connectivity index (χ0v) is 16.3. The third-order valence-corrected chi connectivity index (χ3v) is 5.58. The van der Waals surface area contributed by atoms with Gasteiger partial charge in [0, 0.05) is 36.8 Å². The van der Waals surface area contributed by atoms with E-state index in [1.165, 1.54) is 0 Å². The zero-order valence-electron chi connectivity index (χ0n) is 16.3. The largest absolute Gasteiger partial charge is 0.367 e. The number of dihydropyridines is 1. The molecule has 3 aliphatic rings. The van der Waals surface area contributed by atoms with Crippen molar-refractivity contribution in [2.24, 2.45) is 9.98 Å². The average molecular weight is 389 g/mol. The summed E-state index contributed by atoms with van der Waals surface area (Å²) < 4.78 is 1.74. The fourth-order valence-corrected chi connectivity index (χ4v) is 4.14. The third kappa shape index (κ3) is 3.70. The molecule has 0 saturated heterocycles. The lowest BCUT2D eigenvalue weighted by molar-refractivity contribution is -0.119. The van der Waals surface area contributed by atoms with Crippen LogP contribution in [0.25, 0.3) is 5.65 Å². The maximum atomic E-state index is 11.2. The standard InChI is InChI=1S/C21H23N7O/c1-13(29)24-15-2-4-16(5-3-15)25-20-11-14-10-18(22-12-19(14)26-20)17-7-9-28-21(27-17)6-8-23-28/h6-11,15-16,25H,2-5,12H2,1H3,(H,24,29)/t15-,16-. The molecule has 8 nitrogen and oxygen atoms in total. The summed E-state index contributed by atoms with van der Waals surface area (Å²) in [4.78, 5) is 25.2. The molecule has 2 N–H and O–H groups in total. The van der Waals surface area contributed by atoms with Gasteiger partial charge in [0.25, 0.3) is 0 Å². The van der Waals surface area contributed by atoms with E-state index in [0.717, 1.165) is 59.8 Å². The van der Waals surface area contributed by atoms with Crippen LogP contribution in [-0.2, 0) is 4.79 Å². The second kappa shape index (κ2) is 7.27. The number of allylic oxidation sites excluding steroid dienone is 2. The van der Waals surface area contributed by atoms with Crippen molar-refractivity contribution < 1.29 is 4.79 Å². The maximum Gasteiger partial charge on any atom is 0.217 e. The number of carbonyl (C=O) groups excluding carboxylic acids is 1. The van der Waals surface area contributed by atoms with E-state index in [-0.39, 0.29) is 5.91 Å². The number of carbonyl (C=O) groups is 1. The van der Waals surface area contributed by atoms with Crippen LogP contribution in [0.5, 0.6) is 0 Å². The lowest BCUT2D eigenvalue weighted by Gasteiger charge is -2.29. The summed E-state index contributed by atoms with van der Waals surface area (Å²) in [6, 6.07) is 4.51. The second-order valence-corrected chi connectivity index (χ2v) is 7.73. The predicted octanol–water partition coefficient (Wildman–Crippen LogP) is 1.79. The number of hydrogen-bond donors (Lipinski definition) is 2. The number of nitrogens with zero attached hydrogens (tertiary/aromatic N) is 5. The van der Waals surface area contributed by atoms with Crippen LogP contribution in [0.4, 0.5) is 0 Å². The summed E-state index contributed by atoms with van der Waals surface area (Å²) in [6.45, 7) is 2.14. The number of nitrogens with one attached hydrogen (secondary N) is 2. The molecule has 1 aliphatic carbocycles. The molecule has 29 heavy (non-hydrogen) atoms. The molecule has 2 aromatic rings. The van der Waals surface area contributed by atoms with Crippen molar-refractivity contribution in [2.75, 3.05) is 6.54 Å². The highest BCUT2D eigenvalue weighted by Gasteiger charge is 2.25. The molecule has 0 bridgehead atoms. The Morgan fingerprint density at radius 1 is 1.14 bits per heavy atom. The van der Waals surface area contributed by atoms with Gasteiger partial charge >= 0.3 is 0 Å². The molecule has 148 valence electrons. The van der Waals surface area contributed by atoms with Crippen molar-refractivity contribution in [2.45, 2.75) is 44.7 Å². The molecule has 4 heterocycles. The fraction of sp³-hybridized carbons (Fsp3) is 0.381. The minimum atomic E-state index is 0.0556. The predicted molar refractivity (Wildman–Crippen MR) is 111 cm³/mol. The SMILES string of the molecule is CC(=O)N[C@H]1CC[C@H](NC2=CC3=CC(c4ccn5nccc5n4)=NCC3=N2)CC1. The Labute approximate surface area is 168 Å². The first-order valence-corrected chi connectivity index (χ1v) is 10.0. The van der Waals surface area contributed by atoms with Crippen LogP contribution >= 0.6 is 0 Å². The Morgan fingerprint density at radius 2 is 1.97 bits per heavy atom. The van der Waals surface area contributed by atoms with E-state index in [0.29, 0.717) is 18.6 Å². The number of aromatic nitrogens is 3. The van der Waals surface area contributed by atoms with Gasteiger partial charge < -0.3 is 10.6 Å². The Bertz CT molecular complexity index is 1080. The van der Waals surface area contributed by atoms with Crippen LogP contribution in [0, 0.1) is 0 Å². The first-order chi connectivity index (χ1) is 14.1. The number of fused-ring (bicyclic) bond motifs is 2. The monoisotopic (exact) mass is 389 g/mol. The Balaban J connectivity index is 1.25. The topological polar surface area (TPSA) is 96.0 Å².